The fraction of sp³-hybridized carbons (Fsp3) is 0.714. The Morgan fingerprint density at radius 2 is 1.63 bits per heavy atom. The summed E-state index contributed by atoms with van der Waals surface area (Å²) in [5.41, 5.74) is 1.21. The van der Waals surface area contributed by atoms with Crippen LogP contribution < -0.4 is 10.6 Å². The summed E-state index contributed by atoms with van der Waals surface area (Å²) in [6.45, 7) is 7.18. The SMILES string of the molecule is CCCNc1ncnc(NCCN(C)C)c1CCC. The number of likely N-dealkylation sites (N-methyl/N-ethyl adjacent to an activating group) is 1. The topological polar surface area (TPSA) is 53.1 Å². The van der Waals surface area contributed by atoms with Gasteiger partial charge in [-0.05, 0) is 26.9 Å². The number of rotatable bonds is 9. The van der Waals surface area contributed by atoms with Crippen LogP contribution in [0.25, 0.3) is 0 Å². The van der Waals surface area contributed by atoms with Gasteiger partial charge in [-0.3, -0.25) is 0 Å². The highest BCUT2D eigenvalue weighted by Crippen LogP contribution is 2.21. The molecular weight excluding hydrogens is 238 g/mol. The van der Waals surface area contributed by atoms with Crippen molar-refractivity contribution in [3.8, 4) is 0 Å². The molecule has 0 aliphatic carbocycles. The minimum Gasteiger partial charge on any atom is -0.370 e. The second kappa shape index (κ2) is 8.69. The maximum atomic E-state index is 4.38. The lowest BCUT2D eigenvalue weighted by Gasteiger charge is -2.16. The van der Waals surface area contributed by atoms with Crippen LogP contribution in [0.3, 0.4) is 0 Å². The highest BCUT2D eigenvalue weighted by Gasteiger charge is 2.09. The van der Waals surface area contributed by atoms with Crippen LogP contribution in [0.15, 0.2) is 6.33 Å². The Labute approximate surface area is 116 Å². The average molecular weight is 265 g/mol. The molecule has 0 atom stereocenters. The van der Waals surface area contributed by atoms with Crippen LogP contribution in [-0.4, -0.2) is 48.6 Å². The normalized spacial score (nSPS) is 10.8. The molecule has 1 aromatic rings. The molecule has 0 spiro atoms. The highest BCUT2D eigenvalue weighted by molar-refractivity contribution is 5.57. The zero-order valence-corrected chi connectivity index (χ0v) is 12.7. The van der Waals surface area contributed by atoms with Gasteiger partial charge in [0.05, 0.1) is 0 Å². The summed E-state index contributed by atoms with van der Waals surface area (Å²) in [6, 6.07) is 0. The molecule has 0 radical (unpaired) electrons. The number of nitrogens with one attached hydrogen (secondary N) is 2. The van der Waals surface area contributed by atoms with Crippen molar-refractivity contribution in [2.75, 3.05) is 44.4 Å². The molecule has 108 valence electrons. The Hall–Kier alpha value is -1.36. The molecule has 0 aromatic carbocycles. The third-order valence-electron chi connectivity index (χ3n) is 2.84. The molecule has 2 N–H and O–H groups in total. The van der Waals surface area contributed by atoms with Gasteiger partial charge in [0.1, 0.15) is 18.0 Å². The van der Waals surface area contributed by atoms with E-state index in [-0.39, 0.29) is 0 Å². The Morgan fingerprint density at radius 3 is 2.16 bits per heavy atom. The Balaban J connectivity index is 2.76. The van der Waals surface area contributed by atoms with E-state index in [1.54, 1.807) is 6.33 Å². The molecule has 0 unspecified atom stereocenters. The van der Waals surface area contributed by atoms with Gasteiger partial charge < -0.3 is 15.5 Å². The van der Waals surface area contributed by atoms with Crippen molar-refractivity contribution in [1.82, 2.24) is 14.9 Å². The molecule has 0 saturated heterocycles. The van der Waals surface area contributed by atoms with Crippen LogP contribution in [0, 0.1) is 0 Å². The van der Waals surface area contributed by atoms with Gasteiger partial charge >= 0.3 is 0 Å². The number of aromatic nitrogens is 2. The predicted molar refractivity (Wildman–Crippen MR) is 81.9 cm³/mol. The van der Waals surface area contributed by atoms with Crippen molar-refractivity contribution in [3.63, 3.8) is 0 Å². The minimum absolute atomic E-state index is 0.897. The number of nitrogens with zero attached hydrogens (tertiary/aromatic N) is 3. The van der Waals surface area contributed by atoms with Crippen molar-refractivity contribution in [2.24, 2.45) is 0 Å². The van der Waals surface area contributed by atoms with Crippen LogP contribution in [0.4, 0.5) is 11.6 Å². The van der Waals surface area contributed by atoms with Crippen molar-refractivity contribution in [1.29, 1.82) is 0 Å². The zero-order valence-electron chi connectivity index (χ0n) is 12.7. The number of hydrogen-bond donors (Lipinski definition) is 2. The van der Waals surface area contributed by atoms with E-state index in [1.807, 2.05) is 0 Å². The van der Waals surface area contributed by atoms with Crippen molar-refractivity contribution < 1.29 is 0 Å². The number of hydrogen-bond acceptors (Lipinski definition) is 5. The van der Waals surface area contributed by atoms with Gasteiger partial charge in [0.15, 0.2) is 0 Å². The quantitative estimate of drug-likeness (QED) is 0.717. The first-order valence-corrected chi connectivity index (χ1v) is 7.15. The Kier molecular flexibility index (Phi) is 7.18. The summed E-state index contributed by atoms with van der Waals surface area (Å²) >= 11 is 0. The first kappa shape index (κ1) is 15.7. The van der Waals surface area contributed by atoms with Crippen LogP contribution in [0.5, 0.6) is 0 Å². The average Bonchev–Trinajstić information content (AvgIpc) is 2.38. The summed E-state index contributed by atoms with van der Waals surface area (Å²) in [5.74, 6) is 1.95. The maximum absolute atomic E-state index is 4.38. The van der Waals surface area contributed by atoms with Crippen molar-refractivity contribution in [2.45, 2.75) is 33.1 Å². The van der Waals surface area contributed by atoms with Crippen molar-refractivity contribution >= 4 is 11.6 Å². The lowest BCUT2D eigenvalue weighted by atomic mass is 10.1. The summed E-state index contributed by atoms with van der Waals surface area (Å²) in [5, 5.41) is 6.80. The standard InChI is InChI=1S/C14H27N5/c1-5-7-12-13(15-8-6-2)17-11-18-14(12)16-9-10-19(3)4/h11H,5-10H2,1-4H3,(H2,15,16,17,18). The molecule has 1 heterocycles. The first-order chi connectivity index (χ1) is 9.19. The molecule has 0 aliphatic rings. The van der Waals surface area contributed by atoms with Crippen LogP contribution in [-0.2, 0) is 6.42 Å². The highest BCUT2D eigenvalue weighted by atomic mass is 15.1. The smallest absolute Gasteiger partial charge is 0.134 e. The lowest BCUT2D eigenvalue weighted by molar-refractivity contribution is 0.425. The molecule has 5 heteroatoms. The third-order valence-corrected chi connectivity index (χ3v) is 2.84. The van der Waals surface area contributed by atoms with E-state index >= 15 is 0 Å². The summed E-state index contributed by atoms with van der Waals surface area (Å²) in [7, 11) is 4.14. The van der Waals surface area contributed by atoms with E-state index in [1.165, 1.54) is 5.56 Å². The summed E-state index contributed by atoms with van der Waals surface area (Å²) in [4.78, 5) is 10.9. The summed E-state index contributed by atoms with van der Waals surface area (Å²) in [6.07, 6.45) is 4.82. The molecule has 19 heavy (non-hydrogen) atoms. The molecule has 0 saturated carbocycles. The fourth-order valence-electron chi connectivity index (χ4n) is 1.85. The molecule has 0 bridgehead atoms. The minimum atomic E-state index is 0.897. The Morgan fingerprint density at radius 1 is 1.00 bits per heavy atom. The van der Waals surface area contributed by atoms with E-state index in [0.29, 0.717) is 0 Å². The zero-order chi connectivity index (χ0) is 14.1. The van der Waals surface area contributed by atoms with Gasteiger partial charge in [-0.1, -0.05) is 20.3 Å². The van der Waals surface area contributed by atoms with Gasteiger partial charge in [-0.2, -0.15) is 0 Å². The van der Waals surface area contributed by atoms with Crippen molar-refractivity contribution in [3.05, 3.63) is 11.9 Å². The summed E-state index contributed by atoms with van der Waals surface area (Å²) < 4.78 is 0. The monoisotopic (exact) mass is 265 g/mol. The maximum Gasteiger partial charge on any atom is 0.134 e. The second-order valence-electron chi connectivity index (χ2n) is 4.96. The van der Waals surface area contributed by atoms with Gasteiger partial charge in [-0.25, -0.2) is 9.97 Å². The molecule has 1 aromatic heterocycles. The van der Waals surface area contributed by atoms with E-state index in [9.17, 15) is 0 Å². The largest absolute Gasteiger partial charge is 0.370 e. The van der Waals surface area contributed by atoms with E-state index in [2.05, 4.69) is 53.4 Å². The van der Waals surface area contributed by atoms with Gasteiger partial charge in [0, 0.05) is 25.2 Å². The second-order valence-corrected chi connectivity index (χ2v) is 4.96. The van der Waals surface area contributed by atoms with E-state index < -0.39 is 0 Å². The van der Waals surface area contributed by atoms with Gasteiger partial charge in [0.25, 0.3) is 0 Å². The van der Waals surface area contributed by atoms with Crippen LogP contribution >= 0.6 is 0 Å². The van der Waals surface area contributed by atoms with Gasteiger partial charge in [0.2, 0.25) is 0 Å². The lowest BCUT2D eigenvalue weighted by Crippen LogP contribution is -2.22. The fourth-order valence-corrected chi connectivity index (χ4v) is 1.85. The van der Waals surface area contributed by atoms with E-state index in [0.717, 1.165) is 50.5 Å². The molecule has 0 amide bonds. The molecular formula is C14H27N5. The van der Waals surface area contributed by atoms with E-state index in [4.69, 9.17) is 0 Å². The molecule has 0 fully saturated rings. The third kappa shape index (κ3) is 5.42. The number of anilines is 2. The van der Waals surface area contributed by atoms with Crippen LogP contribution in [0.2, 0.25) is 0 Å². The Bertz CT molecular complexity index is 365. The molecule has 5 nitrogen and oxygen atoms in total. The van der Waals surface area contributed by atoms with Crippen LogP contribution in [0.1, 0.15) is 32.3 Å². The van der Waals surface area contributed by atoms with Gasteiger partial charge in [-0.15, -0.1) is 0 Å². The first-order valence-electron chi connectivity index (χ1n) is 7.15. The molecule has 0 aliphatic heterocycles. The predicted octanol–water partition coefficient (Wildman–Crippen LogP) is 2.22. The molecule has 1 rings (SSSR count).